The molecule has 0 spiro atoms. The minimum atomic E-state index is 0.972. The summed E-state index contributed by atoms with van der Waals surface area (Å²) >= 11 is 0. The van der Waals surface area contributed by atoms with Gasteiger partial charge in [0.05, 0.1) is 0 Å². The Labute approximate surface area is 128 Å². The van der Waals surface area contributed by atoms with E-state index in [9.17, 15) is 0 Å². The summed E-state index contributed by atoms with van der Waals surface area (Å²) in [7, 11) is 2.01. The lowest BCUT2D eigenvalue weighted by Crippen LogP contribution is -2.23. The van der Waals surface area contributed by atoms with Gasteiger partial charge >= 0.3 is 0 Å². The van der Waals surface area contributed by atoms with Crippen LogP contribution in [-0.4, -0.2) is 20.1 Å². The SMILES string of the molecule is CCN(Cc1ccccc1CCNC)c1ccc(C)cc1. The van der Waals surface area contributed by atoms with Gasteiger partial charge in [0.2, 0.25) is 0 Å². The summed E-state index contributed by atoms with van der Waals surface area (Å²) in [5, 5.41) is 3.24. The lowest BCUT2D eigenvalue weighted by atomic mass is 10.0. The third-order valence-corrected chi connectivity index (χ3v) is 3.90. The van der Waals surface area contributed by atoms with E-state index < -0.39 is 0 Å². The summed E-state index contributed by atoms with van der Waals surface area (Å²) in [6.07, 6.45) is 1.08. The third kappa shape index (κ3) is 4.33. The van der Waals surface area contributed by atoms with Gasteiger partial charge < -0.3 is 10.2 Å². The molecule has 0 amide bonds. The fourth-order valence-electron chi connectivity index (χ4n) is 2.56. The Morgan fingerprint density at radius 3 is 2.24 bits per heavy atom. The van der Waals surface area contributed by atoms with Crippen molar-refractivity contribution in [2.24, 2.45) is 0 Å². The molecule has 0 heterocycles. The molecule has 2 aromatic carbocycles. The second kappa shape index (κ2) is 7.84. The molecular weight excluding hydrogens is 256 g/mol. The fraction of sp³-hybridized carbons (Fsp3) is 0.368. The van der Waals surface area contributed by atoms with Crippen molar-refractivity contribution >= 4 is 5.69 Å². The van der Waals surface area contributed by atoms with Crippen LogP contribution < -0.4 is 10.2 Å². The second-order valence-electron chi connectivity index (χ2n) is 5.47. The summed E-state index contributed by atoms with van der Waals surface area (Å²) < 4.78 is 0. The average Bonchev–Trinajstić information content (AvgIpc) is 2.52. The van der Waals surface area contributed by atoms with Gasteiger partial charge in [-0.1, -0.05) is 42.0 Å². The van der Waals surface area contributed by atoms with E-state index in [1.54, 1.807) is 0 Å². The predicted octanol–water partition coefficient (Wildman–Crippen LogP) is 3.78. The first-order valence-electron chi connectivity index (χ1n) is 7.77. The van der Waals surface area contributed by atoms with E-state index in [-0.39, 0.29) is 0 Å². The molecule has 0 unspecified atom stereocenters. The molecule has 0 bridgehead atoms. The number of hydrogen-bond donors (Lipinski definition) is 1. The van der Waals surface area contributed by atoms with Crippen molar-refractivity contribution in [3.63, 3.8) is 0 Å². The van der Waals surface area contributed by atoms with Crippen molar-refractivity contribution in [3.05, 3.63) is 65.2 Å². The summed E-state index contributed by atoms with van der Waals surface area (Å²) in [4.78, 5) is 2.43. The number of nitrogens with zero attached hydrogens (tertiary/aromatic N) is 1. The van der Waals surface area contributed by atoms with Gasteiger partial charge in [0.1, 0.15) is 0 Å². The van der Waals surface area contributed by atoms with E-state index in [1.807, 2.05) is 7.05 Å². The number of likely N-dealkylation sites (N-methyl/N-ethyl adjacent to an activating group) is 1. The van der Waals surface area contributed by atoms with Gasteiger partial charge in [0, 0.05) is 18.8 Å². The largest absolute Gasteiger partial charge is 0.367 e. The van der Waals surface area contributed by atoms with Gasteiger partial charge in [-0.15, -0.1) is 0 Å². The topological polar surface area (TPSA) is 15.3 Å². The van der Waals surface area contributed by atoms with Gasteiger partial charge in [-0.2, -0.15) is 0 Å². The Morgan fingerprint density at radius 2 is 1.62 bits per heavy atom. The fourth-order valence-corrected chi connectivity index (χ4v) is 2.56. The minimum absolute atomic E-state index is 0.972. The van der Waals surface area contributed by atoms with Crippen LogP contribution in [0.15, 0.2) is 48.5 Å². The zero-order valence-electron chi connectivity index (χ0n) is 13.4. The molecule has 0 aliphatic rings. The van der Waals surface area contributed by atoms with Crippen LogP contribution in [0.4, 0.5) is 5.69 Å². The average molecular weight is 282 g/mol. The summed E-state index contributed by atoms with van der Waals surface area (Å²) in [6, 6.07) is 17.6. The summed E-state index contributed by atoms with van der Waals surface area (Å²) in [5.41, 5.74) is 5.48. The predicted molar refractivity (Wildman–Crippen MR) is 92.0 cm³/mol. The molecule has 2 aromatic rings. The molecule has 0 aromatic heterocycles. The first kappa shape index (κ1) is 15.6. The second-order valence-corrected chi connectivity index (χ2v) is 5.47. The van der Waals surface area contributed by atoms with Gasteiger partial charge in [-0.05, 0) is 57.1 Å². The molecule has 0 aliphatic heterocycles. The van der Waals surface area contributed by atoms with Crippen LogP contribution in [0.2, 0.25) is 0 Å². The number of hydrogen-bond acceptors (Lipinski definition) is 2. The summed E-state index contributed by atoms with van der Waals surface area (Å²) in [6.45, 7) is 7.36. The van der Waals surface area contributed by atoms with Crippen LogP contribution >= 0.6 is 0 Å². The maximum absolute atomic E-state index is 3.24. The van der Waals surface area contributed by atoms with Crippen LogP contribution in [-0.2, 0) is 13.0 Å². The number of aryl methyl sites for hydroxylation is 1. The van der Waals surface area contributed by atoms with E-state index in [1.165, 1.54) is 22.4 Å². The molecule has 0 aliphatic carbocycles. The van der Waals surface area contributed by atoms with Crippen molar-refractivity contribution in [2.75, 3.05) is 25.0 Å². The smallest absolute Gasteiger partial charge is 0.0432 e. The number of benzene rings is 2. The van der Waals surface area contributed by atoms with Gasteiger partial charge in [0.15, 0.2) is 0 Å². The zero-order chi connectivity index (χ0) is 15.1. The maximum Gasteiger partial charge on any atom is 0.0432 e. The van der Waals surface area contributed by atoms with E-state index in [0.717, 1.165) is 26.1 Å². The Hall–Kier alpha value is -1.80. The maximum atomic E-state index is 3.24. The minimum Gasteiger partial charge on any atom is -0.367 e. The molecule has 0 radical (unpaired) electrons. The molecule has 0 saturated carbocycles. The molecule has 0 fully saturated rings. The molecular formula is C19H26N2. The first-order valence-corrected chi connectivity index (χ1v) is 7.77. The van der Waals surface area contributed by atoms with Crippen molar-refractivity contribution in [2.45, 2.75) is 26.8 Å². The standard InChI is InChI=1S/C19H26N2/c1-4-21(19-11-9-16(2)10-12-19)15-18-8-6-5-7-17(18)13-14-20-3/h5-12,20H,4,13-15H2,1-3H3. The first-order chi connectivity index (χ1) is 10.2. The van der Waals surface area contributed by atoms with E-state index in [4.69, 9.17) is 0 Å². The zero-order valence-corrected chi connectivity index (χ0v) is 13.4. The Bertz CT molecular complexity index is 546. The van der Waals surface area contributed by atoms with Gasteiger partial charge in [0.25, 0.3) is 0 Å². The number of nitrogens with one attached hydrogen (secondary N) is 1. The number of rotatable bonds is 7. The van der Waals surface area contributed by atoms with E-state index in [0.29, 0.717) is 0 Å². The highest BCUT2D eigenvalue weighted by Gasteiger charge is 2.08. The molecule has 2 heteroatoms. The number of anilines is 1. The molecule has 21 heavy (non-hydrogen) atoms. The van der Waals surface area contributed by atoms with Crippen molar-refractivity contribution in [3.8, 4) is 0 Å². The molecule has 0 saturated heterocycles. The Morgan fingerprint density at radius 1 is 0.952 bits per heavy atom. The van der Waals surface area contributed by atoms with Gasteiger partial charge in [-0.25, -0.2) is 0 Å². The molecule has 1 N–H and O–H groups in total. The third-order valence-electron chi connectivity index (χ3n) is 3.90. The summed E-state index contributed by atoms with van der Waals surface area (Å²) in [5.74, 6) is 0. The normalized spacial score (nSPS) is 10.6. The highest BCUT2D eigenvalue weighted by atomic mass is 15.1. The van der Waals surface area contributed by atoms with Crippen LogP contribution in [0.25, 0.3) is 0 Å². The molecule has 2 rings (SSSR count). The highest BCUT2D eigenvalue weighted by molar-refractivity contribution is 5.48. The molecule has 2 nitrogen and oxygen atoms in total. The van der Waals surface area contributed by atoms with Crippen LogP contribution in [0.1, 0.15) is 23.6 Å². The Balaban J connectivity index is 2.16. The van der Waals surface area contributed by atoms with Crippen LogP contribution in [0, 0.1) is 6.92 Å². The van der Waals surface area contributed by atoms with E-state index in [2.05, 4.69) is 72.6 Å². The van der Waals surface area contributed by atoms with Crippen LogP contribution in [0.5, 0.6) is 0 Å². The van der Waals surface area contributed by atoms with E-state index >= 15 is 0 Å². The lowest BCUT2D eigenvalue weighted by molar-refractivity contribution is 0.771. The Kier molecular flexibility index (Phi) is 5.82. The molecule has 0 atom stereocenters. The lowest BCUT2D eigenvalue weighted by Gasteiger charge is -2.25. The van der Waals surface area contributed by atoms with Crippen molar-refractivity contribution in [1.82, 2.24) is 5.32 Å². The monoisotopic (exact) mass is 282 g/mol. The van der Waals surface area contributed by atoms with Crippen molar-refractivity contribution in [1.29, 1.82) is 0 Å². The van der Waals surface area contributed by atoms with Crippen molar-refractivity contribution < 1.29 is 0 Å². The van der Waals surface area contributed by atoms with Gasteiger partial charge in [-0.3, -0.25) is 0 Å². The highest BCUT2D eigenvalue weighted by Crippen LogP contribution is 2.19. The van der Waals surface area contributed by atoms with Crippen LogP contribution in [0.3, 0.4) is 0 Å². The quantitative estimate of drug-likeness (QED) is 0.831. The molecule has 112 valence electrons.